The Hall–Kier alpha value is -3.59. The summed E-state index contributed by atoms with van der Waals surface area (Å²) in [4.78, 5) is 11.3. The second kappa shape index (κ2) is 9.95. The van der Waals surface area contributed by atoms with E-state index < -0.39 is 16.0 Å². The third-order valence-corrected chi connectivity index (χ3v) is 7.63. The van der Waals surface area contributed by atoms with Crippen LogP contribution in [0.5, 0.6) is 5.75 Å². The van der Waals surface area contributed by atoms with E-state index in [-0.39, 0.29) is 17.7 Å². The van der Waals surface area contributed by atoms with Crippen molar-refractivity contribution in [3.8, 4) is 16.9 Å². The molecule has 0 bridgehead atoms. The summed E-state index contributed by atoms with van der Waals surface area (Å²) in [6.07, 6.45) is 6.29. The standard InChI is InChI=1S/C26H29N3O5S/c1-18(2)11-12-28-16-21(15-27-28)19-5-4-6-23(13-19)35(32,33)29-17-20(7-10-26(30)31)24-14-22(34-3)8-9-25(24)29/h4-6,8-9,13-18H,7,10-12H2,1-3H3,(H,30,31). The highest BCUT2D eigenvalue weighted by atomic mass is 32.2. The molecule has 0 atom stereocenters. The molecular weight excluding hydrogens is 466 g/mol. The van der Waals surface area contributed by atoms with Crippen molar-refractivity contribution >= 4 is 26.9 Å². The van der Waals surface area contributed by atoms with E-state index in [2.05, 4.69) is 18.9 Å². The third kappa shape index (κ3) is 5.24. The first kappa shape index (κ1) is 24.5. The van der Waals surface area contributed by atoms with Crippen molar-refractivity contribution in [2.75, 3.05) is 7.11 Å². The van der Waals surface area contributed by atoms with Gasteiger partial charge in [-0.1, -0.05) is 26.0 Å². The van der Waals surface area contributed by atoms with E-state index in [1.807, 2.05) is 16.9 Å². The van der Waals surface area contributed by atoms with Gasteiger partial charge in [-0.3, -0.25) is 9.48 Å². The maximum Gasteiger partial charge on any atom is 0.303 e. The fourth-order valence-corrected chi connectivity index (χ4v) is 5.42. The minimum Gasteiger partial charge on any atom is -0.497 e. The van der Waals surface area contributed by atoms with Gasteiger partial charge in [0.2, 0.25) is 0 Å². The molecule has 4 rings (SSSR count). The van der Waals surface area contributed by atoms with Gasteiger partial charge < -0.3 is 9.84 Å². The SMILES string of the molecule is COc1ccc2c(c1)c(CCC(=O)O)cn2S(=O)(=O)c1cccc(-c2cnn(CCC(C)C)c2)c1. The Balaban J connectivity index is 1.73. The Morgan fingerprint density at radius 1 is 1.11 bits per heavy atom. The molecular formula is C26H29N3O5S. The zero-order valence-electron chi connectivity index (χ0n) is 20.0. The predicted molar refractivity (Wildman–Crippen MR) is 134 cm³/mol. The fraction of sp³-hybridized carbons (Fsp3) is 0.308. The quantitative estimate of drug-likeness (QED) is 0.339. The van der Waals surface area contributed by atoms with Crippen LogP contribution in [0.15, 0.2) is 66.0 Å². The smallest absolute Gasteiger partial charge is 0.303 e. The average molecular weight is 496 g/mol. The van der Waals surface area contributed by atoms with Crippen LogP contribution in [0.3, 0.4) is 0 Å². The lowest BCUT2D eigenvalue weighted by Gasteiger charge is -2.09. The molecule has 0 amide bonds. The van der Waals surface area contributed by atoms with Gasteiger partial charge in [0.15, 0.2) is 0 Å². The van der Waals surface area contributed by atoms with Crippen LogP contribution in [0, 0.1) is 5.92 Å². The number of rotatable bonds is 10. The van der Waals surface area contributed by atoms with Crippen molar-refractivity contribution in [3.05, 3.63) is 66.6 Å². The summed E-state index contributed by atoms with van der Waals surface area (Å²) in [5, 5.41) is 14.2. The first-order chi connectivity index (χ1) is 16.7. The number of hydrogen-bond acceptors (Lipinski definition) is 5. The number of aliphatic carboxylic acids is 1. The van der Waals surface area contributed by atoms with E-state index in [1.165, 1.54) is 17.3 Å². The summed E-state index contributed by atoms with van der Waals surface area (Å²) >= 11 is 0. The minimum absolute atomic E-state index is 0.105. The Bertz CT molecular complexity index is 1470. The first-order valence-electron chi connectivity index (χ1n) is 11.5. The fourth-order valence-electron chi connectivity index (χ4n) is 3.99. The molecule has 0 spiro atoms. The molecule has 0 unspecified atom stereocenters. The average Bonchev–Trinajstić information content (AvgIpc) is 3.46. The summed E-state index contributed by atoms with van der Waals surface area (Å²) in [7, 11) is -2.42. The number of methoxy groups -OCH3 is 1. The molecule has 8 nitrogen and oxygen atoms in total. The van der Waals surface area contributed by atoms with Crippen LogP contribution in [0.1, 0.15) is 32.3 Å². The van der Waals surface area contributed by atoms with Crippen LogP contribution in [0.25, 0.3) is 22.0 Å². The highest BCUT2D eigenvalue weighted by Crippen LogP contribution is 2.31. The van der Waals surface area contributed by atoms with Gasteiger partial charge in [-0.15, -0.1) is 0 Å². The second-order valence-electron chi connectivity index (χ2n) is 8.93. The van der Waals surface area contributed by atoms with E-state index in [0.717, 1.165) is 24.1 Å². The van der Waals surface area contributed by atoms with Crippen molar-refractivity contribution in [1.29, 1.82) is 0 Å². The lowest BCUT2D eigenvalue weighted by atomic mass is 10.1. The van der Waals surface area contributed by atoms with Gasteiger partial charge in [-0.05, 0) is 60.2 Å². The van der Waals surface area contributed by atoms with Gasteiger partial charge in [0.1, 0.15) is 5.75 Å². The summed E-state index contributed by atoms with van der Waals surface area (Å²) in [6, 6.07) is 11.9. The van der Waals surface area contributed by atoms with E-state index >= 15 is 0 Å². The number of carboxylic acids is 1. The zero-order chi connectivity index (χ0) is 25.2. The van der Waals surface area contributed by atoms with Gasteiger partial charge in [0.25, 0.3) is 10.0 Å². The summed E-state index contributed by atoms with van der Waals surface area (Å²) in [6.45, 7) is 5.12. The third-order valence-electron chi connectivity index (χ3n) is 5.96. The van der Waals surface area contributed by atoms with Gasteiger partial charge in [0, 0.05) is 36.3 Å². The summed E-state index contributed by atoms with van der Waals surface area (Å²) in [5.41, 5.74) is 2.70. The number of aryl methyl sites for hydroxylation is 2. The number of nitrogens with zero attached hydrogens (tertiary/aromatic N) is 3. The van der Waals surface area contributed by atoms with Crippen molar-refractivity contribution in [3.63, 3.8) is 0 Å². The number of carboxylic acid groups (broad SMARTS) is 1. The Kier molecular flexibility index (Phi) is 6.98. The summed E-state index contributed by atoms with van der Waals surface area (Å²) < 4.78 is 35.8. The molecule has 0 radical (unpaired) electrons. The maximum absolute atomic E-state index is 13.7. The van der Waals surface area contributed by atoms with E-state index in [0.29, 0.717) is 28.1 Å². The molecule has 0 aliphatic carbocycles. The lowest BCUT2D eigenvalue weighted by Crippen LogP contribution is -2.12. The highest BCUT2D eigenvalue weighted by Gasteiger charge is 2.22. The van der Waals surface area contributed by atoms with Crippen molar-refractivity contribution in [2.24, 2.45) is 5.92 Å². The molecule has 1 N–H and O–H groups in total. The first-order valence-corrected chi connectivity index (χ1v) is 12.9. The maximum atomic E-state index is 13.7. The Morgan fingerprint density at radius 3 is 2.63 bits per heavy atom. The summed E-state index contributed by atoms with van der Waals surface area (Å²) in [5.74, 6) is 0.187. The van der Waals surface area contributed by atoms with Crippen LogP contribution in [-0.2, 0) is 27.8 Å². The van der Waals surface area contributed by atoms with E-state index in [1.54, 1.807) is 42.6 Å². The zero-order valence-corrected chi connectivity index (χ0v) is 20.8. The number of carbonyl (C=O) groups is 1. The van der Waals surface area contributed by atoms with Crippen LogP contribution in [0.2, 0.25) is 0 Å². The minimum atomic E-state index is -3.95. The molecule has 2 aromatic heterocycles. The molecule has 9 heteroatoms. The van der Waals surface area contributed by atoms with Crippen LogP contribution in [-0.4, -0.2) is 40.4 Å². The topological polar surface area (TPSA) is 103 Å². The molecule has 184 valence electrons. The normalized spacial score (nSPS) is 11.9. The largest absolute Gasteiger partial charge is 0.497 e. The van der Waals surface area contributed by atoms with Crippen LogP contribution < -0.4 is 4.74 Å². The lowest BCUT2D eigenvalue weighted by molar-refractivity contribution is -0.136. The number of fused-ring (bicyclic) bond motifs is 1. The van der Waals surface area contributed by atoms with Crippen LogP contribution in [0.4, 0.5) is 0 Å². The molecule has 35 heavy (non-hydrogen) atoms. The van der Waals surface area contributed by atoms with Crippen molar-refractivity contribution in [1.82, 2.24) is 13.8 Å². The van der Waals surface area contributed by atoms with Crippen LogP contribution >= 0.6 is 0 Å². The van der Waals surface area contributed by atoms with Crippen molar-refractivity contribution in [2.45, 2.75) is 44.6 Å². The number of benzene rings is 2. The highest BCUT2D eigenvalue weighted by molar-refractivity contribution is 7.90. The molecule has 2 aromatic carbocycles. The molecule has 0 aliphatic rings. The Labute approximate surface area is 204 Å². The van der Waals surface area contributed by atoms with Gasteiger partial charge in [-0.25, -0.2) is 12.4 Å². The van der Waals surface area contributed by atoms with E-state index in [9.17, 15) is 13.2 Å². The number of ether oxygens (including phenoxy) is 1. The molecule has 0 saturated carbocycles. The molecule has 4 aromatic rings. The Morgan fingerprint density at radius 2 is 1.91 bits per heavy atom. The molecule has 2 heterocycles. The second-order valence-corrected chi connectivity index (χ2v) is 10.7. The number of aromatic nitrogens is 3. The van der Waals surface area contributed by atoms with Gasteiger partial charge in [0.05, 0.1) is 23.7 Å². The van der Waals surface area contributed by atoms with Gasteiger partial charge >= 0.3 is 5.97 Å². The molecule has 0 saturated heterocycles. The monoisotopic (exact) mass is 495 g/mol. The molecule has 0 fully saturated rings. The number of hydrogen-bond donors (Lipinski definition) is 1. The van der Waals surface area contributed by atoms with Crippen molar-refractivity contribution < 1.29 is 23.1 Å². The molecule has 0 aliphatic heterocycles. The van der Waals surface area contributed by atoms with E-state index in [4.69, 9.17) is 9.84 Å². The predicted octanol–water partition coefficient (Wildman–Crippen LogP) is 4.81. The van der Waals surface area contributed by atoms with Gasteiger partial charge in [-0.2, -0.15) is 5.10 Å².